The van der Waals surface area contributed by atoms with Crippen molar-refractivity contribution in [1.29, 1.82) is 0 Å². The second kappa shape index (κ2) is 7.66. The van der Waals surface area contributed by atoms with Crippen molar-refractivity contribution >= 4 is 12.0 Å². The maximum absolute atomic E-state index is 12.1. The van der Waals surface area contributed by atoms with E-state index in [2.05, 4.69) is 19.2 Å². The summed E-state index contributed by atoms with van der Waals surface area (Å²) in [5.74, 6) is 0.476. The van der Waals surface area contributed by atoms with Gasteiger partial charge in [0.2, 0.25) is 0 Å². The highest BCUT2D eigenvalue weighted by Gasteiger charge is 2.28. The van der Waals surface area contributed by atoms with Gasteiger partial charge in [-0.1, -0.05) is 27.7 Å². The van der Waals surface area contributed by atoms with Crippen molar-refractivity contribution < 1.29 is 14.7 Å². The van der Waals surface area contributed by atoms with Crippen LogP contribution < -0.4 is 5.32 Å². The van der Waals surface area contributed by atoms with Crippen molar-refractivity contribution in [2.45, 2.75) is 53.4 Å². The van der Waals surface area contributed by atoms with Gasteiger partial charge in [-0.3, -0.25) is 4.79 Å². The van der Waals surface area contributed by atoms with Crippen LogP contribution in [0.15, 0.2) is 0 Å². The minimum absolute atomic E-state index is 0.0205. The summed E-state index contributed by atoms with van der Waals surface area (Å²) in [6, 6.07) is 0.0205. The van der Waals surface area contributed by atoms with Crippen molar-refractivity contribution in [3.8, 4) is 0 Å². The quantitative estimate of drug-likeness (QED) is 0.759. The average Bonchev–Trinajstić information content (AvgIpc) is 2.86. The molecule has 0 aromatic carbocycles. The lowest BCUT2D eigenvalue weighted by atomic mass is 9.84. The molecule has 5 heteroatoms. The molecule has 0 aliphatic carbocycles. The van der Waals surface area contributed by atoms with Gasteiger partial charge in [0.15, 0.2) is 0 Å². The van der Waals surface area contributed by atoms with Gasteiger partial charge >= 0.3 is 12.0 Å². The second-order valence-electron chi connectivity index (χ2n) is 7.28. The highest BCUT2D eigenvalue weighted by molar-refractivity contribution is 5.74. The summed E-state index contributed by atoms with van der Waals surface area (Å²) >= 11 is 0. The van der Waals surface area contributed by atoms with Crippen molar-refractivity contribution in [3.05, 3.63) is 0 Å². The summed E-state index contributed by atoms with van der Waals surface area (Å²) in [4.78, 5) is 24.6. The number of hydrogen-bond donors (Lipinski definition) is 2. The Labute approximate surface area is 128 Å². The Morgan fingerprint density at radius 3 is 2.52 bits per heavy atom. The van der Waals surface area contributed by atoms with Crippen LogP contribution in [0.1, 0.15) is 53.4 Å². The normalized spacial score (nSPS) is 19.1. The summed E-state index contributed by atoms with van der Waals surface area (Å²) in [5, 5.41) is 11.7. The minimum Gasteiger partial charge on any atom is -0.481 e. The number of carbonyl (C=O) groups excluding carboxylic acids is 1. The molecule has 2 N–H and O–H groups in total. The molecule has 1 rings (SSSR count). The third-order valence-electron chi connectivity index (χ3n) is 4.55. The molecule has 1 atom stereocenters. The summed E-state index contributed by atoms with van der Waals surface area (Å²) < 4.78 is 0. The van der Waals surface area contributed by atoms with Crippen LogP contribution in [-0.4, -0.2) is 41.6 Å². The minimum atomic E-state index is -0.760. The Bertz CT molecular complexity index is 367. The van der Waals surface area contributed by atoms with E-state index in [0.29, 0.717) is 24.8 Å². The monoisotopic (exact) mass is 298 g/mol. The molecular weight excluding hydrogens is 268 g/mol. The molecule has 122 valence electrons. The van der Waals surface area contributed by atoms with E-state index >= 15 is 0 Å². The molecule has 0 aromatic heterocycles. The van der Waals surface area contributed by atoms with Crippen LogP contribution in [-0.2, 0) is 4.79 Å². The van der Waals surface area contributed by atoms with E-state index in [4.69, 9.17) is 5.11 Å². The zero-order valence-corrected chi connectivity index (χ0v) is 13.8. The maximum atomic E-state index is 12.1. The first-order valence-corrected chi connectivity index (χ1v) is 7.96. The number of hydrogen-bond acceptors (Lipinski definition) is 2. The molecule has 1 aliphatic heterocycles. The van der Waals surface area contributed by atoms with Gasteiger partial charge < -0.3 is 15.3 Å². The molecule has 1 unspecified atom stereocenters. The standard InChI is InChI=1S/C16H30N2O3/c1-12(2)13-6-10-18(11-13)15(21)17-9-8-16(3,4)7-5-14(19)20/h12-13H,5-11H2,1-4H3,(H,17,21)(H,19,20). The van der Waals surface area contributed by atoms with Gasteiger partial charge in [-0.05, 0) is 36.5 Å². The number of carboxylic acid groups (broad SMARTS) is 1. The number of likely N-dealkylation sites (tertiary alicyclic amines) is 1. The largest absolute Gasteiger partial charge is 0.481 e. The molecule has 0 spiro atoms. The third-order valence-corrected chi connectivity index (χ3v) is 4.55. The summed E-state index contributed by atoms with van der Waals surface area (Å²) in [6.45, 7) is 10.8. The lowest BCUT2D eigenvalue weighted by Gasteiger charge is -2.25. The van der Waals surface area contributed by atoms with Crippen LogP contribution in [0.5, 0.6) is 0 Å². The molecule has 0 radical (unpaired) electrons. The topological polar surface area (TPSA) is 69.6 Å². The molecule has 1 aliphatic rings. The van der Waals surface area contributed by atoms with E-state index in [9.17, 15) is 9.59 Å². The van der Waals surface area contributed by atoms with E-state index in [0.717, 1.165) is 25.9 Å². The van der Waals surface area contributed by atoms with Gasteiger partial charge in [0.1, 0.15) is 0 Å². The Morgan fingerprint density at radius 1 is 1.33 bits per heavy atom. The highest BCUT2D eigenvalue weighted by atomic mass is 16.4. The van der Waals surface area contributed by atoms with Gasteiger partial charge in [-0.2, -0.15) is 0 Å². The van der Waals surface area contributed by atoms with Crippen LogP contribution >= 0.6 is 0 Å². The van der Waals surface area contributed by atoms with E-state index in [1.54, 1.807) is 0 Å². The number of urea groups is 1. The van der Waals surface area contributed by atoms with Gasteiger partial charge in [0, 0.05) is 26.1 Å². The highest BCUT2D eigenvalue weighted by Crippen LogP contribution is 2.26. The molecule has 0 bridgehead atoms. The summed E-state index contributed by atoms with van der Waals surface area (Å²) in [7, 11) is 0. The number of carboxylic acids is 1. The molecule has 1 saturated heterocycles. The Balaban J connectivity index is 2.26. The number of aliphatic carboxylic acids is 1. The average molecular weight is 298 g/mol. The predicted molar refractivity (Wildman–Crippen MR) is 83.2 cm³/mol. The molecular formula is C16H30N2O3. The van der Waals surface area contributed by atoms with Gasteiger partial charge in [-0.15, -0.1) is 0 Å². The van der Waals surface area contributed by atoms with Crippen LogP contribution in [0.2, 0.25) is 0 Å². The Hall–Kier alpha value is -1.26. The number of carbonyl (C=O) groups is 2. The first-order chi connectivity index (χ1) is 9.71. The van der Waals surface area contributed by atoms with Crippen LogP contribution in [0.25, 0.3) is 0 Å². The van der Waals surface area contributed by atoms with Crippen molar-refractivity contribution in [1.82, 2.24) is 10.2 Å². The number of nitrogens with zero attached hydrogens (tertiary/aromatic N) is 1. The Morgan fingerprint density at radius 2 is 2.00 bits per heavy atom. The maximum Gasteiger partial charge on any atom is 0.317 e. The SMILES string of the molecule is CC(C)C1CCN(C(=O)NCCC(C)(C)CCC(=O)O)C1. The van der Waals surface area contributed by atoms with Gasteiger partial charge in [0.05, 0.1) is 0 Å². The molecule has 2 amide bonds. The predicted octanol–water partition coefficient (Wildman–Crippen LogP) is 2.96. The van der Waals surface area contributed by atoms with Crippen molar-refractivity contribution in [3.63, 3.8) is 0 Å². The fourth-order valence-electron chi connectivity index (χ4n) is 2.71. The zero-order valence-electron chi connectivity index (χ0n) is 13.8. The third kappa shape index (κ3) is 6.36. The summed E-state index contributed by atoms with van der Waals surface area (Å²) in [5.41, 5.74) is -0.0584. The van der Waals surface area contributed by atoms with Gasteiger partial charge in [-0.25, -0.2) is 4.79 Å². The van der Waals surface area contributed by atoms with Gasteiger partial charge in [0.25, 0.3) is 0 Å². The zero-order chi connectivity index (χ0) is 16.0. The number of amides is 2. The molecule has 0 saturated carbocycles. The summed E-state index contributed by atoms with van der Waals surface area (Å²) in [6.07, 6.45) is 2.71. The second-order valence-corrected chi connectivity index (χ2v) is 7.28. The fourth-order valence-corrected chi connectivity index (χ4v) is 2.71. The van der Waals surface area contributed by atoms with E-state index in [-0.39, 0.29) is 17.9 Å². The molecule has 0 aromatic rings. The Kier molecular flexibility index (Phi) is 6.49. The van der Waals surface area contributed by atoms with Crippen LogP contribution in [0.4, 0.5) is 4.79 Å². The molecule has 21 heavy (non-hydrogen) atoms. The fraction of sp³-hybridized carbons (Fsp3) is 0.875. The van der Waals surface area contributed by atoms with E-state index < -0.39 is 5.97 Å². The van der Waals surface area contributed by atoms with E-state index in [1.165, 1.54) is 0 Å². The van der Waals surface area contributed by atoms with Crippen molar-refractivity contribution in [2.24, 2.45) is 17.3 Å². The number of nitrogens with one attached hydrogen (secondary N) is 1. The number of rotatable bonds is 7. The van der Waals surface area contributed by atoms with Crippen LogP contribution in [0.3, 0.4) is 0 Å². The molecule has 5 nitrogen and oxygen atoms in total. The first kappa shape index (κ1) is 17.8. The van der Waals surface area contributed by atoms with Crippen molar-refractivity contribution in [2.75, 3.05) is 19.6 Å². The molecule has 1 fully saturated rings. The van der Waals surface area contributed by atoms with Crippen LogP contribution in [0, 0.1) is 17.3 Å². The first-order valence-electron chi connectivity index (χ1n) is 7.96. The lowest BCUT2D eigenvalue weighted by Crippen LogP contribution is -2.40. The molecule has 1 heterocycles. The van der Waals surface area contributed by atoms with E-state index in [1.807, 2.05) is 18.7 Å². The smallest absolute Gasteiger partial charge is 0.317 e. The lowest BCUT2D eigenvalue weighted by molar-refractivity contribution is -0.137.